The Hall–Kier alpha value is -0.530. The summed E-state index contributed by atoms with van der Waals surface area (Å²) in [5, 5.41) is 4.80. The van der Waals surface area contributed by atoms with Gasteiger partial charge in [-0.3, -0.25) is 0 Å². The summed E-state index contributed by atoms with van der Waals surface area (Å²) in [7, 11) is 0. The number of hydrogen-bond donors (Lipinski definition) is 1. The van der Waals surface area contributed by atoms with Gasteiger partial charge in [-0.15, -0.1) is 0 Å². The molecule has 0 amide bonds. The monoisotopic (exact) mass is 303 g/mol. The first-order valence-electron chi connectivity index (χ1n) is 8.37. The van der Waals surface area contributed by atoms with Crippen LogP contribution in [0.3, 0.4) is 0 Å². The molecular formula is C19H26ClN. The fourth-order valence-electron chi connectivity index (χ4n) is 6.54. The highest BCUT2D eigenvalue weighted by atomic mass is 35.5. The van der Waals surface area contributed by atoms with E-state index in [4.69, 9.17) is 11.6 Å². The van der Waals surface area contributed by atoms with Crippen molar-refractivity contribution < 1.29 is 0 Å². The van der Waals surface area contributed by atoms with Gasteiger partial charge in [-0.2, -0.15) is 0 Å². The molecule has 5 rings (SSSR count). The first kappa shape index (κ1) is 14.1. The lowest BCUT2D eigenvalue weighted by Crippen LogP contribution is -2.63. The minimum absolute atomic E-state index is 0.391. The van der Waals surface area contributed by atoms with Crippen molar-refractivity contribution in [1.29, 1.82) is 0 Å². The summed E-state index contributed by atoms with van der Waals surface area (Å²) < 4.78 is 0. The quantitative estimate of drug-likeness (QED) is 0.811. The molecule has 0 saturated heterocycles. The Morgan fingerprint density at radius 2 is 1.62 bits per heavy atom. The molecular weight excluding hydrogens is 278 g/mol. The van der Waals surface area contributed by atoms with E-state index in [1.54, 1.807) is 0 Å². The summed E-state index contributed by atoms with van der Waals surface area (Å²) in [5.41, 5.74) is 2.91. The van der Waals surface area contributed by atoms with Crippen LogP contribution in [0.2, 0.25) is 5.02 Å². The first-order valence-corrected chi connectivity index (χ1v) is 8.75. The normalized spacial score (nSPS) is 44.2. The summed E-state index contributed by atoms with van der Waals surface area (Å²) in [5.74, 6) is 0.953. The Kier molecular flexibility index (Phi) is 3.01. The van der Waals surface area contributed by atoms with E-state index >= 15 is 0 Å². The maximum Gasteiger partial charge on any atom is 0.0406 e. The third kappa shape index (κ3) is 2.53. The lowest BCUT2D eigenvalue weighted by atomic mass is 9.43. The van der Waals surface area contributed by atoms with Crippen LogP contribution in [0, 0.1) is 16.7 Å². The summed E-state index contributed by atoms with van der Waals surface area (Å²) in [6.45, 7) is 6.05. The molecule has 21 heavy (non-hydrogen) atoms. The predicted octanol–water partition coefficient (Wildman–Crippen LogP) is 5.18. The van der Waals surface area contributed by atoms with E-state index in [0.717, 1.165) is 17.5 Å². The summed E-state index contributed by atoms with van der Waals surface area (Å²) >= 11 is 5.98. The van der Waals surface area contributed by atoms with E-state index in [-0.39, 0.29) is 0 Å². The third-order valence-electron chi connectivity index (χ3n) is 6.21. The average molecular weight is 304 g/mol. The molecule has 1 aromatic carbocycles. The Morgan fingerprint density at radius 1 is 1.00 bits per heavy atom. The van der Waals surface area contributed by atoms with Crippen molar-refractivity contribution in [3.63, 3.8) is 0 Å². The van der Waals surface area contributed by atoms with Crippen LogP contribution in [0.25, 0.3) is 0 Å². The Bertz CT molecular complexity index is 531. The molecule has 4 aliphatic rings. The molecule has 2 unspecified atom stereocenters. The van der Waals surface area contributed by atoms with Crippen molar-refractivity contribution in [2.24, 2.45) is 16.7 Å². The van der Waals surface area contributed by atoms with Gasteiger partial charge in [0.25, 0.3) is 0 Å². The second-order valence-electron chi connectivity index (χ2n) is 8.89. The fourth-order valence-corrected chi connectivity index (χ4v) is 6.66. The molecule has 4 bridgehead atoms. The van der Waals surface area contributed by atoms with Crippen LogP contribution in [0.4, 0.5) is 0 Å². The van der Waals surface area contributed by atoms with Crippen molar-refractivity contribution in [3.05, 3.63) is 34.9 Å². The molecule has 4 saturated carbocycles. The number of nitrogens with one attached hydrogen (secondary N) is 1. The fraction of sp³-hybridized carbons (Fsp3) is 0.684. The van der Waals surface area contributed by atoms with E-state index < -0.39 is 0 Å². The van der Waals surface area contributed by atoms with Gasteiger partial charge >= 0.3 is 0 Å². The van der Waals surface area contributed by atoms with Crippen LogP contribution >= 0.6 is 11.6 Å². The summed E-state index contributed by atoms with van der Waals surface area (Å²) in [6.07, 6.45) is 8.52. The van der Waals surface area contributed by atoms with Gasteiger partial charge in [0, 0.05) is 17.1 Å². The van der Waals surface area contributed by atoms with Crippen molar-refractivity contribution in [2.45, 2.75) is 64.5 Å². The maximum absolute atomic E-state index is 5.98. The van der Waals surface area contributed by atoms with E-state index in [0.29, 0.717) is 16.4 Å². The van der Waals surface area contributed by atoms with Gasteiger partial charge in [-0.05, 0) is 73.0 Å². The van der Waals surface area contributed by atoms with Gasteiger partial charge in [0.15, 0.2) is 0 Å². The lowest BCUT2D eigenvalue weighted by Gasteiger charge is -2.65. The van der Waals surface area contributed by atoms with Crippen LogP contribution in [-0.2, 0) is 6.54 Å². The smallest absolute Gasteiger partial charge is 0.0406 e. The van der Waals surface area contributed by atoms with Gasteiger partial charge in [-0.25, -0.2) is 0 Å². The lowest BCUT2D eigenvalue weighted by molar-refractivity contribution is -0.118. The molecule has 2 atom stereocenters. The minimum atomic E-state index is 0.391. The van der Waals surface area contributed by atoms with Gasteiger partial charge in [-0.1, -0.05) is 37.6 Å². The van der Waals surface area contributed by atoms with Crippen LogP contribution < -0.4 is 5.32 Å². The highest BCUT2D eigenvalue weighted by Crippen LogP contribution is 2.66. The SMILES string of the molecule is CC12CC3CC(C)(C1)CC(NCc1ccc(Cl)cc1)(C3)C2. The molecule has 1 aromatic rings. The number of hydrogen-bond acceptors (Lipinski definition) is 1. The third-order valence-corrected chi connectivity index (χ3v) is 6.46. The zero-order chi connectivity index (χ0) is 14.7. The van der Waals surface area contributed by atoms with E-state index in [2.05, 4.69) is 31.3 Å². The Labute approximate surface area is 133 Å². The average Bonchev–Trinajstić information content (AvgIpc) is 2.34. The molecule has 1 nitrogen and oxygen atoms in total. The largest absolute Gasteiger partial charge is 0.307 e. The highest BCUT2D eigenvalue weighted by Gasteiger charge is 2.59. The second kappa shape index (κ2) is 4.49. The minimum Gasteiger partial charge on any atom is -0.307 e. The number of halogens is 1. The maximum atomic E-state index is 5.98. The van der Waals surface area contributed by atoms with Gasteiger partial charge in [0.2, 0.25) is 0 Å². The zero-order valence-corrected chi connectivity index (χ0v) is 14.0. The van der Waals surface area contributed by atoms with Crippen molar-refractivity contribution in [3.8, 4) is 0 Å². The van der Waals surface area contributed by atoms with Crippen LogP contribution in [0.15, 0.2) is 24.3 Å². The van der Waals surface area contributed by atoms with E-state index in [9.17, 15) is 0 Å². The molecule has 0 aliphatic heterocycles. The predicted molar refractivity (Wildman–Crippen MR) is 88.4 cm³/mol. The number of benzene rings is 1. The Balaban J connectivity index is 1.53. The molecule has 0 radical (unpaired) electrons. The summed E-state index contributed by atoms with van der Waals surface area (Å²) in [6, 6.07) is 8.31. The van der Waals surface area contributed by atoms with Crippen LogP contribution in [0.1, 0.15) is 57.9 Å². The topological polar surface area (TPSA) is 12.0 Å². The van der Waals surface area contributed by atoms with Crippen molar-refractivity contribution in [2.75, 3.05) is 0 Å². The Morgan fingerprint density at radius 3 is 2.19 bits per heavy atom. The van der Waals surface area contributed by atoms with Crippen LogP contribution in [-0.4, -0.2) is 5.54 Å². The molecule has 0 heterocycles. The van der Waals surface area contributed by atoms with Gasteiger partial charge in [0.05, 0.1) is 0 Å². The molecule has 2 heteroatoms. The van der Waals surface area contributed by atoms with Crippen molar-refractivity contribution in [1.82, 2.24) is 5.32 Å². The van der Waals surface area contributed by atoms with Gasteiger partial charge in [0.1, 0.15) is 0 Å². The molecule has 0 spiro atoms. The highest BCUT2D eigenvalue weighted by molar-refractivity contribution is 6.30. The van der Waals surface area contributed by atoms with Crippen molar-refractivity contribution >= 4 is 11.6 Å². The zero-order valence-electron chi connectivity index (χ0n) is 13.2. The van der Waals surface area contributed by atoms with E-state index in [1.165, 1.54) is 44.1 Å². The number of rotatable bonds is 3. The molecule has 4 fully saturated rings. The van der Waals surface area contributed by atoms with Gasteiger partial charge < -0.3 is 5.32 Å². The molecule has 0 aromatic heterocycles. The molecule has 114 valence electrons. The molecule has 4 aliphatic carbocycles. The first-order chi connectivity index (χ1) is 9.88. The van der Waals surface area contributed by atoms with Crippen LogP contribution in [0.5, 0.6) is 0 Å². The second-order valence-corrected chi connectivity index (χ2v) is 9.33. The van der Waals surface area contributed by atoms with E-state index in [1.807, 2.05) is 12.1 Å². The standard InChI is InChI=1S/C19H26ClN/c1-17-7-15-8-18(2,11-17)13-19(9-15,12-17)21-10-14-3-5-16(20)6-4-14/h3-6,15,21H,7-13H2,1-2H3. The molecule has 1 N–H and O–H groups in total. The summed E-state index contributed by atoms with van der Waals surface area (Å²) in [4.78, 5) is 0.